The summed E-state index contributed by atoms with van der Waals surface area (Å²) < 4.78 is 16.8. The summed E-state index contributed by atoms with van der Waals surface area (Å²) in [5, 5.41) is 66.7. The SMILES string of the molecule is C[C@H]1O[C@@H](O[C@H]2CC[C@]3(C=O)[C@@H]4C[C@@H](O)[C@]5(C)[C@@H](C6=CC(=O)OC6)CC[C@]5(O)[C@H]4CC[C@]3(O)C2)[C@H](O)[C@H](O)[C@H]1O. The maximum Gasteiger partial charge on any atom is 0.331 e. The highest BCUT2D eigenvalue weighted by Gasteiger charge is 2.74. The number of rotatable bonds is 4. The Balaban J connectivity index is 1.25. The van der Waals surface area contributed by atoms with Gasteiger partial charge in [-0.2, -0.15) is 0 Å². The van der Waals surface area contributed by atoms with Crippen LogP contribution in [-0.2, 0) is 23.8 Å². The van der Waals surface area contributed by atoms with Gasteiger partial charge in [0.2, 0.25) is 0 Å². The largest absolute Gasteiger partial charge is 0.458 e. The molecular weight excluding hydrogens is 524 g/mol. The first-order valence-corrected chi connectivity index (χ1v) is 14.6. The van der Waals surface area contributed by atoms with Crippen LogP contribution >= 0.6 is 0 Å². The van der Waals surface area contributed by atoms with E-state index in [0.29, 0.717) is 25.7 Å². The molecule has 11 heteroatoms. The lowest BCUT2D eigenvalue weighted by atomic mass is 9.41. The Hall–Kier alpha value is -1.44. The van der Waals surface area contributed by atoms with Gasteiger partial charge in [0, 0.05) is 17.9 Å². The lowest BCUT2D eigenvalue weighted by molar-refractivity contribution is -0.319. The smallest absolute Gasteiger partial charge is 0.331 e. The fraction of sp³-hybridized carbons (Fsp3) is 0.862. The summed E-state index contributed by atoms with van der Waals surface area (Å²) in [6, 6.07) is 0. The fourth-order valence-corrected chi connectivity index (χ4v) is 9.74. The molecule has 5 fully saturated rings. The van der Waals surface area contributed by atoms with Gasteiger partial charge in [0.05, 0.1) is 34.9 Å². The third-order valence-electron chi connectivity index (χ3n) is 12.1. The predicted molar refractivity (Wildman–Crippen MR) is 136 cm³/mol. The van der Waals surface area contributed by atoms with Gasteiger partial charge >= 0.3 is 5.97 Å². The molecule has 0 amide bonds. The van der Waals surface area contributed by atoms with Crippen LogP contribution < -0.4 is 0 Å². The molecule has 6 aliphatic rings. The van der Waals surface area contributed by atoms with E-state index in [-0.39, 0.29) is 44.1 Å². The molecule has 11 nitrogen and oxygen atoms in total. The van der Waals surface area contributed by atoms with Crippen molar-refractivity contribution in [2.24, 2.45) is 28.6 Å². The number of ether oxygens (including phenoxy) is 3. The maximum absolute atomic E-state index is 13.0. The number of hydrogen-bond acceptors (Lipinski definition) is 11. The van der Waals surface area contributed by atoms with Crippen molar-refractivity contribution < 1.29 is 54.4 Å². The van der Waals surface area contributed by atoms with Crippen LogP contribution in [0.15, 0.2) is 11.6 Å². The number of cyclic esters (lactones) is 1. The van der Waals surface area contributed by atoms with Crippen LogP contribution in [0, 0.1) is 28.6 Å². The molecule has 2 aliphatic heterocycles. The molecule has 6 N–H and O–H groups in total. The molecule has 14 atom stereocenters. The monoisotopic (exact) mass is 566 g/mol. The Morgan fingerprint density at radius 2 is 1.75 bits per heavy atom. The lowest BCUT2D eigenvalue weighted by Crippen LogP contribution is -2.71. The van der Waals surface area contributed by atoms with Gasteiger partial charge in [-0.25, -0.2) is 4.79 Å². The van der Waals surface area contributed by atoms with Crippen molar-refractivity contribution >= 4 is 12.3 Å². The van der Waals surface area contributed by atoms with Gasteiger partial charge in [-0.05, 0) is 75.2 Å². The van der Waals surface area contributed by atoms with Crippen molar-refractivity contribution in [3.63, 3.8) is 0 Å². The normalized spacial score (nSPS) is 56.0. The molecular formula is C29H42O11. The molecule has 0 aromatic carbocycles. The van der Waals surface area contributed by atoms with E-state index in [1.165, 1.54) is 6.08 Å². The van der Waals surface area contributed by atoms with Gasteiger partial charge in [-0.3, -0.25) is 0 Å². The van der Waals surface area contributed by atoms with Crippen molar-refractivity contribution in [3.05, 3.63) is 11.6 Å². The van der Waals surface area contributed by atoms with E-state index < -0.39 is 76.8 Å². The number of carbonyl (C=O) groups excluding carboxylic acids is 2. The highest BCUT2D eigenvalue weighted by Crippen LogP contribution is 2.70. The highest BCUT2D eigenvalue weighted by atomic mass is 16.7. The highest BCUT2D eigenvalue weighted by molar-refractivity contribution is 5.85. The van der Waals surface area contributed by atoms with E-state index in [1.807, 2.05) is 6.92 Å². The molecule has 2 heterocycles. The Morgan fingerprint density at radius 1 is 1.00 bits per heavy atom. The minimum Gasteiger partial charge on any atom is -0.458 e. The number of esters is 1. The second-order valence-electron chi connectivity index (χ2n) is 13.5. The summed E-state index contributed by atoms with van der Waals surface area (Å²) >= 11 is 0. The van der Waals surface area contributed by atoms with Crippen molar-refractivity contribution in [2.45, 2.75) is 119 Å². The van der Waals surface area contributed by atoms with Crippen molar-refractivity contribution in [3.8, 4) is 0 Å². The molecule has 40 heavy (non-hydrogen) atoms. The first kappa shape index (κ1) is 28.7. The fourth-order valence-electron chi connectivity index (χ4n) is 9.74. The topological polar surface area (TPSA) is 183 Å². The number of fused-ring (bicyclic) bond motifs is 5. The molecule has 6 rings (SSSR count). The number of aliphatic hydroxyl groups excluding tert-OH is 4. The van der Waals surface area contributed by atoms with Crippen LogP contribution in [0.4, 0.5) is 0 Å². The quantitative estimate of drug-likeness (QED) is 0.149. The first-order valence-electron chi connectivity index (χ1n) is 14.6. The van der Waals surface area contributed by atoms with Gasteiger partial charge in [0.15, 0.2) is 6.29 Å². The predicted octanol–water partition coefficient (Wildman–Crippen LogP) is -0.279. The zero-order valence-electron chi connectivity index (χ0n) is 23.0. The zero-order valence-corrected chi connectivity index (χ0v) is 23.0. The zero-order chi connectivity index (χ0) is 28.8. The Kier molecular flexibility index (Phi) is 6.83. The standard InChI is InChI=1S/C29H42O11/c1-14-22(33)23(34)24(35)25(39-14)40-16-3-6-27(13-30)19-10-20(31)26(2)17(15-9-21(32)38-12-15)5-8-29(26,37)18(19)4-7-28(27,36)11-16/h9,13-14,16-20,22-25,31,33-37H,3-8,10-12H2,1-2H3/t14-,16+,17-,18+,19-,20-,22+,23-,24-,25+,26+,27+,28+,29+/m1/s1. The maximum atomic E-state index is 13.0. The minimum atomic E-state index is -1.47. The molecule has 4 aliphatic carbocycles. The molecule has 224 valence electrons. The van der Waals surface area contributed by atoms with Gasteiger partial charge in [-0.1, -0.05) is 6.92 Å². The Bertz CT molecular complexity index is 1080. The van der Waals surface area contributed by atoms with Crippen molar-refractivity contribution in [1.29, 1.82) is 0 Å². The first-order chi connectivity index (χ1) is 18.8. The van der Waals surface area contributed by atoms with Crippen LogP contribution in [-0.4, -0.2) is 104 Å². The van der Waals surface area contributed by atoms with Crippen LogP contribution in [0.5, 0.6) is 0 Å². The number of carbonyl (C=O) groups is 2. The van der Waals surface area contributed by atoms with E-state index >= 15 is 0 Å². The summed E-state index contributed by atoms with van der Waals surface area (Å²) in [6.07, 6.45) is -2.70. The molecule has 1 saturated heterocycles. The summed E-state index contributed by atoms with van der Waals surface area (Å²) in [5.74, 6) is -1.42. The molecule has 0 unspecified atom stereocenters. The van der Waals surface area contributed by atoms with Gasteiger partial charge in [-0.15, -0.1) is 0 Å². The molecule has 0 aromatic rings. The van der Waals surface area contributed by atoms with E-state index in [9.17, 15) is 40.2 Å². The van der Waals surface area contributed by atoms with E-state index in [1.54, 1.807) is 6.92 Å². The summed E-state index contributed by atoms with van der Waals surface area (Å²) in [7, 11) is 0. The third kappa shape index (κ3) is 3.71. The van der Waals surface area contributed by atoms with Gasteiger partial charge in [0.1, 0.15) is 31.2 Å². The van der Waals surface area contributed by atoms with Crippen LogP contribution in [0.2, 0.25) is 0 Å². The summed E-state index contributed by atoms with van der Waals surface area (Å²) in [5.41, 5.74) is -4.09. The van der Waals surface area contributed by atoms with E-state index in [2.05, 4.69) is 0 Å². The molecule has 0 bridgehead atoms. The number of aliphatic hydroxyl groups is 6. The average Bonchev–Trinajstić information content (AvgIpc) is 3.46. The van der Waals surface area contributed by atoms with Crippen LogP contribution in [0.25, 0.3) is 0 Å². The summed E-state index contributed by atoms with van der Waals surface area (Å²) in [4.78, 5) is 24.8. The van der Waals surface area contributed by atoms with E-state index in [4.69, 9.17) is 14.2 Å². The molecule has 0 aromatic heterocycles. The van der Waals surface area contributed by atoms with Gasteiger partial charge < -0.3 is 49.6 Å². The number of hydrogen-bond donors (Lipinski definition) is 6. The Labute approximate surface area is 233 Å². The van der Waals surface area contributed by atoms with Crippen molar-refractivity contribution in [2.75, 3.05) is 6.61 Å². The van der Waals surface area contributed by atoms with Crippen LogP contribution in [0.3, 0.4) is 0 Å². The number of aldehydes is 1. The molecule has 4 saturated carbocycles. The average molecular weight is 567 g/mol. The molecule has 0 radical (unpaired) electrons. The third-order valence-corrected chi connectivity index (χ3v) is 12.1. The Morgan fingerprint density at radius 3 is 2.42 bits per heavy atom. The molecule has 0 spiro atoms. The second kappa shape index (κ2) is 9.54. The van der Waals surface area contributed by atoms with Crippen LogP contribution in [0.1, 0.15) is 65.2 Å². The second-order valence-corrected chi connectivity index (χ2v) is 13.5. The van der Waals surface area contributed by atoms with Gasteiger partial charge in [0.25, 0.3) is 0 Å². The minimum absolute atomic E-state index is 0.0926. The van der Waals surface area contributed by atoms with Crippen molar-refractivity contribution in [1.82, 2.24) is 0 Å². The summed E-state index contributed by atoms with van der Waals surface area (Å²) in [6.45, 7) is 3.61. The van der Waals surface area contributed by atoms with E-state index in [0.717, 1.165) is 11.9 Å². The lowest BCUT2D eigenvalue weighted by Gasteiger charge is -2.66.